The third-order valence-electron chi connectivity index (χ3n) is 12.4. The molecule has 0 unspecified atom stereocenters. The zero-order valence-corrected chi connectivity index (χ0v) is 28.1. The lowest BCUT2D eigenvalue weighted by Gasteiger charge is -2.31. The van der Waals surface area contributed by atoms with Crippen molar-refractivity contribution in [2.75, 3.05) is 0 Å². The summed E-state index contributed by atoms with van der Waals surface area (Å²) in [4.78, 5) is 0. The van der Waals surface area contributed by atoms with Crippen LogP contribution in [0.2, 0.25) is 0 Å². The molecule has 0 saturated heterocycles. The highest BCUT2D eigenvalue weighted by molar-refractivity contribution is 5.98. The van der Waals surface area contributed by atoms with Gasteiger partial charge in [0.2, 0.25) is 0 Å². The Bertz CT molecular complexity index is 2620. The second kappa shape index (κ2) is 9.93. The van der Waals surface area contributed by atoms with Crippen molar-refractivity contribution in [3.05, 3.63) is 214 Å². The van der Waals surface area contributed by atoms with Crippen molar-refractivity contribution < 1.29 is 0 Å². The van der Waals surface area contributed by atoms with Crippen molar-refractivity contribution in [2.24, 2.45) is 0 Å². The molecule has 0 aliphatic heterocycles. The number of hydrogen-bond acceptors (Lipinski definition) is 0. The highest BCUT2D eigenvalue weighted by atomic mass is 14.5. The Morgan fingerprint density at radius 1 is 0.275 bits per heavy atom. The minimum atomic E-state index is -0.411. The molecule has 0 aromatic heterocycles. The topological polar surface area (TPSA) is 0 Å². The van der Waals surface area contributed by atoms with Crippen LogP contribution < -0.4 is 0 Å². The van der Waals surface area contributed by atoms with Gasteiger partial charge in [-0.1, -0.05) is 158 Å². The van der Waals surface area contributed by atoms with Crippen molar-refractivity contribution in [3.63, 3.8) is 0 Å². The molecule has 0 N–H and O–H groups in total. The van der Waals surface area contributed by atoms with Gasteiger partial charge in [0.05, 0.1) is 5.41 Å². The van der Waals surface area contributed by atoms with Crippen molar-refractivity contribution in [3.8, 4) is 66.8 Å². The van der Waals surface area contributed by atoms with E-state index in [9.17, 15) is 0 Å². The van der Waals surface area contributed by atoms with Crippen LogP contribution in [-0.2, 0) is 18.3 Å². The summed E-state index contributed by atoms with van der Waals surface area (Å²) in [7, 11) is 0. The van der Waals surface area contributed by atoms with Crippen molar-refractivity contribution >= 4 is 0 Å². The molecule has 0 heterocycles. The Balaban J connectivity index is 1.11. The summed E-state index contributed by atoms with van der Waals surface area (Å²) in [5.74, 6) is 0. The lowest BCUT2D eigenvalue weighted by atomic mass is 9.70. The summed E-state index contributed by atoms with van der Waals surface area (Å²) < 4.78 is 0. The molecule has 8 aromatic carbocycles. The number of fused-ring (bicyclic) bond motifs is 16. The van der Waals surface area contributed by atoms with E-state index in [-0.39, 0.29) is 0 Å². The molecule has 236 valence electrons. The summed E-state index contributed by atoms with van der Waals surface area (Å²) in [6, 6.07) is 64.6. The van der Waals surface area contributed by atoms with Gasteiger partial charge in [-0.2, -0.15) is 0 Å². The average Bonchev–Trinajstić information content (AvgIpc) is 3.92. The van der Waals surface area contributed by atoms with Crippen molar-refractivity contribution in [1.29, 1.82) is 0 Å². The molecule has 0 fully saturated rings. The van der Waals surface area contributed by atoms with E-state index in [1.54, 1.807) is 0 Å². The Morgan fingerprint density at radius 3 is 1.14 bits per heavy atom. The maximum Gasteiger partial charge on any atom is 0.0725 e. The highest BCUT2D eigenvalue weighted by Gasteiger charge is 2.51. The van der Waals surface area contributed by atoms with Crippen LogP contribution in [0, 0.1) is 0 Å². The molecule has 4 aliphatic rings. The fourth-order valence-electron chi connectivity index (χ4n) is 10.3. The van der Waals surface area contributed by atoms with Gasteiger partial charge in [-0.3, -0.25) is 0 Å². The van der Waals surface area contributed by atoms with Crippen LogP contribution in [0.25, 0.3) is 66.8 Å². The molecular formula is C51H32. The van der Waals surface area contributed by atoms with Crippen LogP contribution in [0.5, 0.6) is 0 Å². The van der Waals surface area contributed by atoms with Crippen LogP contribution in [0.4, 0.5) is 0 Å². The summed E-state index contributed by atoms with van der Waals surface area (Å²) >= 11 is 0. The fourth-order valence-corrected chi connectivity index (χ4v) is 10.3. The van der Waals surface area contributed by atoms with E-state index >= 15 is 0 Å². The second-order valence-electron chi connectivity index (χ2n) is 14.7. The van der Waals surface area contributed by atoms with Crippen LogP contribution in [0.15, 0.2) is 170 Å². The molecule has 0 nitrogen and oxygen atoms in total. The molecule has 0 radical (unpaired) electrons. The van der Waals surface area contributed by atoms with E-state index < -0.39 is 5.41 Å². The van der Waals surface area contributed by atoms with Gasteiger partial charge in [-0.05, 0) is 136 Å². The molecule has 51 heavy (non-hydrogen) atoms. The Hall–Kier alpha value is -6.24. The molecule has 12 rings (SSSR count). The standard InChI is InChI=1S/C51H32/c1-3-13-35-31(11-1)27-45-37(17-9-19-39(35)45)33-23-25-43-41-15-5-7-21-47(41)51(49(43)29-33)48-22-8-6-16-42(48)44-26-24-34(30-50(44)51)38-18-10-20-40-36-14-4-2-12-32(36)28-46(38)40/h1-26,29-30H,27-28H2. The molecule has 0 heteroatoms. The molecule has 0 amide bonds. The molecule has 0 atom stereocenters. The van der Waals surface area contributed by atoms with Crippen molar-refractivity contribution in [1.82, 2.24) is 0 Å². The van der Waals surface area contributed by atoms with Crippen LogP contribution >= 0.6 is 0 Å². The van der Waals surface area contributed by atoms with Gasteiger partial charge >= 0.3 is 0 Å². The molecule has 8 aromatic rings. The first-order chi connectivity index (χ1) is 25.3. The third-order valence-corrected chi connectivity index (χ3v) is 12.4. The Morgan fingerprint density at radius 2 is 0.647 bits per heavy atom. The zero-order chi connectivity index (χ0) is 33.3. The monoisotopic (exact) mass is 644 g/mol. The quantitative estimate of drug-likeness (QED) is 0.176. The van der Waals surface area contributed by atoms with Gasteiger partial charge in [0.15, 0.2) is 0 Å². The van der Waals surface area contributed by atoms with Crippen LogP contribution in [0.3, 0.4) is 0 Å². The Kier molecular flexibility index (Phi) is 5.37. The third kappa shape index (κ3) is 3.50. The molecule has 1 spiro atoms. The summed E-state index contributed by atoms with van der Waals surface area (Å²) in [5, 5.41) is 0. The summed E-state index contributed by atoms with van der Waals surface area (Å²) in [6.07, 6.45) is 1.95. The smallest absolute Gasteiger partial charge is 0.0619 e. The van der Waals surface area contributed by atoms with E-state index in [4.69, 9.17) is 0 Å². The zero-order valence-electron chi connectivity index (χ0n) is 28.1. The number of hydrogen-bond donors (Lipinski definition) is 0. The maximum atomic E-state index is 2.54. The lowest BCUT2D eigenvalue weighted by Crippen LogP contribution is -2.26. The van der Waals surface area contributed by atoms with E-state index in [1.807, 2.05) is 0 Å². The minimum absolute atomic E-state index is 0.411. The Labute approximate surface area is 298 Å². The van der Waals surface area contributed by atoms with Gasteiger partial charge < -0.3 is 0 Å². The SMILES string of the molecule is c1ccc2c(c1)Cc1c(-c3ccc4c(c3)C3(c5ccccc5-4)c4ccccc4-c4ccc(-c5cccc6c5Cc5ccccc5-6)cc43)cccc1-2. The van der Waals surface area contributed by atoms with Crippen LogP contribution in [0.1, 0.15) is 44.5 Å². The van der Waals surface area contributed by atoms with E-state index in [0.29, 0.717) is 0 Å². The predicted octanol–water partition coefficient (Wildman–Crippen LogP) is 12.5. The highest BCUT2D eigenvalue weighted by Crippen LogP contribution is 2.63. The first-order valence-corrected chi connectivity index (χ1v) is 18.2. The largest absolute Gasteiger partial charge is 0.0725 e. The van der Waals surface area contributed by atoms with Gasteiger partial charge in [0.1, 0.15) is 0 Å². The molecular weight excluding hydrogens is 613 g/mol. The van der Waals surface area contributed by atoms with Crippen LogP contribution in [-0.4, -0.2) is 0 Å². The van der Waals surface area contributed by atoms with Crippen molar-refractivity contribution in [2.45, 2.75) is 18.3 Å². The summed E-state index contributed by atoms with van der Waals surface area (Å²) in [6.45, 7) is 0. The summed E-state index contributed by atoms with van der Waals surface area (Å²) in [5.41, 5.74) is 27.0. The van der Waals surface area contributed by atoms with Gasteiger partial charge in [0.25, 0.3) is 0 Å². The van der Waals surface area contributed by atoms with E-state index in [1.165, 1.54) is 111 Å². The van der Waals surface area contributed by atoms with Gasteiger partial charge in [-0.25, -0.2) is 0 Å². The van der Waals surface area contributed by atoms with E-state index in [0.717, 1.165) is 12.8 Å². The van der Waals surface area contributed by atoms with Gasteiger partial charge in [0, 0.05) is 0 Å². The fraction of sp³-hybridized carbons (Fsp3) is 0.0588. The number of rotatable bonds is 2. The van der Waals surface area contributed by atoms with E-state index in [2.05, 4.69) is 170 Å². The second-order valence-corrected chi connectivity index (χ2v) is 14.7. The first kappa shape index (κ1) is 27.6. The molecule has 0 bridgehead atoms. The normalized spacial score (nSPS) is 14.3. The maximum absolute atomic E-state index is 2.54. The minimum Gasteiger partial charge on any atom is -0.0619 e. The van der Waals surface area contributed by atoms with Gasteiger partial charge in [-0.15, -0.1) is 0 Å². The predicted molar refractivity (Wildman–Crippen MR) is 210 cm³/mol. The average molecular weight is 645 g/mol. The molecule has 0 saturated carbocycles. The first-order valence-electron chi connectivity index (χ1n) is 18.2. The molecule has 4 aliphatic carbocycles. The number of benzene rings is 8. The lowest BCUT2D eigenvalue weighted by molar-refractivity contribution is 0.794.